The fraction of sp³-hybridized carbons (Fsp3) is 0.435. The number of methoxy groups -OCH3 is 1. The van der Waals surface area contributed by atoms with E-state index in [2.05, 4.69) is 46.3 Å². The van der Waals surface area contributed by atoms with Gasteiger partial charge >= 0.3 is 0 Å². The molecule has 0 saturated carbocycles. The molecule has 0 unspecified atom stereocenters. The van der Waals surface area contributed by atoms with Crippen LogP contribution in [0.3, 0.4) is 0 Å². The Labute approximate surface area is 173 Å². The standard InChI is InChI=1S/C23H31N3O3/c1-19-6-5-7-20(16-19)17-25-11-13-26(14-12-25)18-23(27)24-10-15-29-22-9-4-3-8-21(22)28-2/h3-9,16H,10-15,17-18H2,1-2H3,(H,24,27). The molecule has 0 aliphatic carbocycles. The lowest BCUT2D eigenvalue weighted by Crippen LogP contribution is -2.49. The number of benzene rings is 2. The number of aryl methyl sites for hydroxylation is 1. The first-order valence-corrected chi connectivity index (χ1v) is 10.2. The van der Waals surface area contributed by atoms with Crippen LogP contribution in [0.2, 0.25) is 0 Å². The van der Waals surface area contributed by atoms with Crippen molar-refractivity contribution in [3.05, 3.63) is 59.7 Å². The molecule has 0 aromatic heterocycles. The number of hydrogen-bond acceptors (Lipinski definition) is 5. The molecule has 1 saturated heterocycles. The van der Waals surface area contributed by atoms with E-state index in [0.29, 0.717) is 31.2 Å². The molecule has 6 nitrogen and oxygen atoms in total. The molecule has 0 spiro atoms. The average molecular weight is 398 g/mol. The number of ether oxygens (including phenoxy) is 2. The third-order valence-electron chi connectivity index (χ3n) is 5.07. The summed E-state index contributed by atoms with van der Waals surface area (Å²) in [6.45, 7) is 8.22. The van der Waals surface area contributed by atoms with Crippen LogP contribution in [0.15, 0.2) is 48.5 Å². The minimum absolute atomic E-state index is 0.0424. The first-order chi connectivity index (χ1) is 14.1. The summed E-state index contributed by atoms with van der Waals surface area (Å²) in [6, 6.07) is 16.2. The first kappa shape index (κ1) is 21.1. The summed E-state index contributed by atoms with van der Waals surface area (Å²) in [5.41, 5.74) is 2.65. The van der Waals surface area contributed by atoms with Crippen LogP contribution >= 0.6 is 0 Å². The zero-order valence-electron chi connectivity index (χ0n) is 17.4. The van der Waals surface area contributed by atoms with Crippen molar-refractivity contribution in [1.82, 2.24) is 15.1 Å². The van der Waals surface area contributed by atoms with Gasteiger partial charge in [-0.1, -0.05) is 42.0 Å². The fourth-order valence-corrected chi connectivity index (χ4v) is 3.52. The van der Waals surface area contributed by atoms with Crippen molar-refractivity contribution in [3.8, 4) is 11.5 Å². The van der Waals surface area contributed by atoms with Gasteiger partial charge in [-0.3, -0.25) is 14.6 Å². The number of hydrogen-bond donors (Lipinski definition) is 1. The molecule has 1 heterocycles. The van der Waals surface area contributed by atoms with Crippen molar-refractivity contribution in [2.75, 3.05) is 53.0 Å². The highest BCUT2D eigenvalue weighted by Gasteiger charge is 2.19. The summed E-state index contributed by atoms with van der Waals surface area (Å²) >= 11 is 0. The Bertz CT molecular complexity index is 788. The Morgan fingerprint density at radius 2 is 1.72 bits per heavy atom. The number of rotatable bonds is 9. The number of amides is 1. The van der Waals surface area contributed by atoms with Gasteiger partial charge in [0.25, 0.3) is 0 Å². The van der Waals surface area contributed by atoms with Gasteiger partial charge in [-0.25, -0.2) is 0 Å². The zero-order chi connectivity index (χ0) is 20.5. The summed E-state index contributed by atoms with van der Waals surface area (Å²) < 4.78 is 10.9. The van der Waals surface area contributed by atoms with Gasteiger partial charge in [0.15, 0.2) is 11.5 Å². The maximum atomic E-state index is 12.2. The minimum atomic E-state index is 0.0424. The Balaban J connectivity index is 1.31. The zero-order valence-corrected chi connectivity index (χ0v) is 17.4. The van der Waals surface area contributed by atoms with Crippen molar-refractivity contribution in [3.63, 3.8) is 0 Å². The summed E-state index contributed by atoms with van der Waals surface area (Å²) in [5, 5.41) is 2.93. The lowest BCUT2D eigenvalue weighted by Gasteiger charge is -2.34. The number of para-hydroxylation sites is 2. The molecular formula is C23H31N3O3. The summed E-state index contributed by atoms with van der Waals surface area (Å²) in [5.74, 6) is 1.43. The number of nitrogens with one attached hydrogen (secondary N) is 1. The topological polar surface area (TPSA) is 54.0 Å². The monoisotopic (exact) mass is 397 g/mol. The molecule has 1 aliphatic heterocycles. The molecule has 2 aromatic rings. The highest BCUT2D eigenvalue weighted by atomic mass is 16.5. The van der Waals surface area contributed by atoms with Gasteiger partial charge in [0, 0.05) is 32.7 Å². The van der Waals surface area contributed by atoms with Gasteiger partial charge in [0.1, 0.15) is 6.61 Å². The van der Waals surface area contributed by atoms with E-state index >= 15 is 0 Å². The third kappa shape index (κ3) is 6.76. The van der Waals surface area contributed by atoms with Gasteiger partial charge in [0.2, 0.25) is 5.91 Å². The van der Waals surface area contributed by atoms with Crippen LogP contribution in [0.1, 0.15) is 11.1 Å². The summed E-state index contributed by atoms with van der Waals surface area (Å²) in [7, 11) is 1.62. The third-order valence-corrected chi connectivity index (χ3v) is 5.07. The van der Waals surface area contributed by atoms with E-state index < -0.39 is 0 Å². The Kier molecular flexibility index (Phi) is 7.90. The molecule has 0 atom stereocenters. The van der Waals surface area contributed by atoms with E-state index in [1.54, 1.807) is 7.11 Å². The van der Waals surface area contributed by atoms with Crippen LogP contribution in [0.5, 0.6) is 11.5 Å². The van der Waals surface area contributed by atoms with Crippen LogP contribution < -0.4 is 14.8 Å². The fourth-order valence-electron chi connectivity index (χ4n) is 3.52. The Morgan fingerprint density at radius 1 is 1.00 bits per heavy atom. The molecule has 0 radical (unpaired) electrons. The van der Waals surface area contributed by atoms with E-state index in [1.165, 1.54) is 11.1 Å². The van der Waals surface area contributed by atoms with E-state index in [-0.39, 0.29) is 5.91 Å². The normalized spacial score (nSPS) is 15.1. The van der Waals surface area contributed by atoms with Crippen LogP contribution in [0, 0.1) is 6.92 Å². The van der Waals surface area contributed by atoms with Gasteiger partial charge in [0.05, 0.1) is 20.2 Å². The lowest BCUT2D eigenvalue weighted by atomic mass is 10.1. The molecule has 1 N–H and O–H groups in total. The molecule has 29 heavy (non-hydrogen) atoms. The van der Waals surface area contributed by atoms with Crippen LogP contribution in [-0.2, 0) is 11.3 Å². The molecule has 0 bridgehead atoms. The van der Waals surface area contributed by atoms with Crippen molar-refractivity contribution >= 4 is 5.91 Å². The smallest absolute Gasteiger partial charge is 0.234 e. The second-order valence-electron chi connectivity index (χ2n) is 7.39. The largest absolute Gasteiger partial charge is 0.493 e. The summed E-state index contributed by atoms with van der Waals surface area (Å²) in [4.78, 5) is 16.9. The van der Waals surface area contributed by atoms with Gasteiger partial charge in [-0.15, -0.1) is 0 Å². The van der Waals surface area contributed by atoms with Gasteiger partial charge in [-0.2, -0.15) is 0 Å². The maximum Gasteiger partial charge on any atom is 0.234 e. The SMILES string of the molecule is COc1ccccc1OCCNC(=O)CN1CCN(Cc2cccc(C)c2)CC1. The Hall–Kier alpha value is -2.57. The number of carbonyl (C=O) groups excluding carboxylic acids is 1. The number of nitrogens with zero attached hydrogens (tertiary/aromatic N) is 2. The molecule has 156 valence electrons. The summed E-state index contributed by atoms with van der Waals surface area (Å²) in [6.07, 6.45) is 0. The molecule has 2 aromatic carbocycles. The highest BCUT2D eigenvalue weighted by molar-refractivity contribution is 5.78. The van der Waals surface area contributed by atoms with Gasteiger partial charge in [-0.05, 0) is 24.6 Å². The highest BCUT2D eigenvalue weighted by Crippen LogP contribution is 2.25. The first-order valence-electron chi connectivity index (χ1n) is 10.2. The minimum Gasteiger partial charge on any atom is -0.493 e. The average Bonchev–Trinajstić information content (AvgIpc) is 2.73. The van der Waals surface area contributed by atoms with Gasteiger partial charge < -0.3 is 14.8 Å². The van der Waals surface area contributed by atoms with Crippen LogP contribution in [0.4, 0.5) is 0 Å². The van der Waals surface area contributed by atoms with Crippen LogP contribution in [-0.4, -0.2) is 68.7 Å². The number of piperazine rings is 1. The molecule has 1 fully saturated rings. The van der Waals surface area contributed by atoms with E-state index in [9.17, 15) is 4.79 Å². The quantitative estimate of drug-likeness (QED) is 0.658. The predicted octanol–water partition coefficient (Wildman–Crippen LogP) is 2.32. The van der Waals surface area contributed by atoms with Crippen LogP contribution in [0.25, 0.3) is 0 Å². The molecular weight excluding hydrogens is 366 g/mol. The lowest BCUT2D eigenvalue weighted by molar-refractivity contribution is -0.122. The molecule has 1 amide bonds. The van der Waals surface area contributed by atoms with Crippen molar-refractivity contribution in [2.45, 2.75) is 13.5 Å². The van der Waals surface area contributed by atoms with E-state index in [0.717, 1.165) is 32.7 Å². The Morgan fingerprint density at radius 3 is 2.45 bits per heavy atom. The predicted molar refractivity (Wildman–Crippen MR) is 114 cm³/mol. The van der Waals surface area contributed by atoms with E-state index in [1.807, 2.05) is 24.3 Å². The molecule has 1 aliphatic rings. The van der Waals surface area contributed by atoms with Crippen molar-refractivity contribution in [1.29, 1.82) is 0 Å². The van der Waals surface area contributed by atoms with E-state index in [4.69, 9.17) is 9.47 Å². The molecule has 6 heteroatoms. The number of carbonyl (C=O) groups is 1. The second kappa shape index (κ2) is 10.8. The maximum absolute atomic E-state index is 12.2. The van der Waals surface area contributed by atoms with Crippen molar-refractivity contribution in [2.24, 2.45) is 0 Å². The second-order valence-corrected chi connectivity index (χ2v) is 7.39. The molecule has 3 rings (SSSR count). The van der Waals surface area contributed by atoms with Crippen molar-refractivity contribution < 1.29 is 14.3 Å².